The Morgan fingerprint density at radius 1 is 1.53 bits per heavy atom. The molecule has 6 heteroatoms. The van der Waals surface area contributed by atoms with Crippen molar-refractivity contribution in [3.05, 3.63) is 18.6 Å². The van der Waals surface area contributed by atoms with E-state index in [2.05, 4.69) is 34.4 Å². The Labute approximate surface area is 112 Å². The third kappa shape index (κ3) is 2.35. The number of ether oxygens (including phenoxy) is 1. The van der Waals surface area contributed by atoms with Crippen LogP contribution in [0.25, 0.3) is 5.65 Å². The summed E-state index contributed by atoms with van der Waals surface area (Å²) in [6.45, 7) is 5.79. The van der Waals surface area contributed by atoms with E-state index in [9.17, 15) is 0 Å². The molecule has 2 atom stereocenters. The van der Waals surface area contributed by atoms with Gasteiger partial charge >= 0.3 is 0 Å². The molecule has 2 N–H and O–H groups in total. The lowest BCUT2D eigenvalue weighted by atomic mass is 10.1. The van der Waals surface area contributed by atoms with Crippen molar-refractivity contribution in [3.8, 4) is 0 Å². The molecule has 1 aliphatic heterocycles. The van der Waals surface area contributed by atoms with E-state index >= 15 is 0 Å². The zero-order valence-corrected chi connectivity index (χ0v) is 11.3. The molecule has 1 saturated heterocycles. The maximum atomic E-state index is 5.58. The lowest BCUT2D eigenvalue weighted by Gasteiger charge is -2.17. The van der Waals surface area contributed by atoms with Gasteiger partial charge in [0.15, 0.2) is 11.5 Å². The highest BCUT2D eigenvalue weighted by Crippen LogP contribution is 2.22. The minimum Gasteiger partial charge on any atom is -0.376 e. The summed E-state index contributed by atoms with van der Waals surface area (Å²) < 4.78 is 7.56. The van der Waals surface area contributed by atoms with Crippen LogP contribution in [-0.2, 0) is 4.74 Å². The van der Waals surface area contributed by atoms with E-state index in [1.165, 1.54) is 0 Å². The molecule has 2 aromatic rings. The number of imidazole rings is 1. The number of hydrogen-bond acceptors (Lipinski definition) is 5. The number of nitrogens with zero attached hydrogens (tertiary/aromatic N) is 3. The Kier molecular flexibility index (Phi) is 3.25. The van der Waals surface area contributed by atoms with Crippen molar-refractivity contribution < 1.29 is 4.74 Å². The van der Waals surface area contributed by atoms with E-state index in [-0.39, 0.29) is 6.10 Å². The zero-order valence-electron chi connectivity index (χ0n) is 11.3. The Bertz CT molecular complexity index is 567. The van der Waals surface area contributed by atoms with Gasteiger partial charge in [-0.05, 0) is 20.3 Å². The summed E-state index contributed by atoms with van der Waals surface area (Å²) in [7, 11) is 0. The third-order valence-corrected chi connectivity index (χ3v) is 3.43. The van der Waals surface area contributed by atoms with Crippen LogP contribution in [0.5, 0.6) is 0 Å². The zero-order chi connectivity index (χ0) is 13.2. The fourth-order valence-electron chi connectivity index (χ4n) is 2.39. The summed E-state index contributed by atoms with van der Waals surface area (Å²) in [5.74, 6) is 1.66. The topological polar surface area (TPSA) is 63.5 Å². The highest BCUT2D eigenvalue weighted by Gasteiger charge is 2.25. The summed E-state index contributed by atoms with van der Waals surface area (Å²) in [5.41, 5.74) is 0.848. The summed E-state index contributed by atoms with van der Waals surface area (Å²) in [5, 5.41) is 6.69. The van der Waals surface area contributed by atoms with Gasteiger partial charge in [0, 0.05) is 25.5 Å². The van der Waals surface area contributed by atoms with Gasteiger partial charge < -0.3 is 19.8 Å². The van der Waals surface area contributed by atoms with Crippen molar-refractivity contribution in [2.45, 2.75) is 32.4 Å². The number of fused-ring (bicyclic) bond motifs is 1. The van der Waals surface area contributed by atoms with Crippen molar-refractivity contribution in [1.82, 2.24) is 14.4 Å². The van der Waals surface area contributed by atoms with Crippen LogP contribution < -0.4 is 10.6 Å². The molecule has 2 unspecified atom stereocenters. The average molecular weight is 261 g/mol. The predicted molar refractivity (Wildman–Crippen MR) is 74.6 cm³/mol. The second-order valence-electron chi connectivity index (χ2n) is 4.78. The standard InChI is InChI=1S/C13H19N5O/c1-3-14-11-8-18-6-5-15-13(18)12(17-11)16-10-4-7-19-9(10)2/h5-6,8-10,14H,3-4,7H2,1-2H3,(H,16,17). The second kappa shape index (κ2) is 5.05. The van der Waals surface area contributed by atoms with Crippen molar-refractivity contribution >= 4 is 17.3 Å². The third-order valence-electron chi connectivity index (χ3n) is 3.43. The van der Waals surface area contributed by atoms with Crippen molar-refractivity contribution in [1.29, 1.82) is 0 Å². The van der Waals surface area contributed by atoms with Gasteiger partial charge in [-0.25, -0.2) is 9.97 Å². The number of aromatic nitrogens is 3. The fourth-order valence-corrected chi connectivity index (χ4v) is 2.39. The maximum Gasteiger partial charge on any atom is 0.180 e. The van der Waals surface area contributed by atoms with Gasteiger partial charge in [0.2, 0.25) is 0 Å². The molecule has 19 heavy (non-hydrogen) atoms. The van der Waals surface area contributed by atoms with Crippen molar-refractivity contribution in [2.75, 3.05) is 23.8 Å². The minimum absolute atomic E-state index is 0.208. The smallest absolute Gasteiger partial charge is 0.180 e. The molecule has 0 amide bonds. The largest absolute Gasteiger partial charge is 0.376 e. The van der Waals surface area contributed by atoms with Gasteiger partial charge in [-0.1, -0.05) is 0 Å². The lowest BCUT2D eigenvalue weighted by Crippen LogP contribution is -2.27. The van der Waals surface area contributed by atoms with Gasteiger partial charge in [-0.3, -0.25) is 0 Å². The Hall–Kier alpha value is -1.82. The van der Waals surface area contributed by atoms with Gasteiger partial charge in [-0.2, -0.15) is 0 Å². The van der Waals surface area contributed by atoms with Crippen LogP contribution in [0.15, 0.2) is 18.6 Å². The summed E-state index contributed by atoms with van der Waals surface area (Å²) >= 11 is 0. The van der Waals surface area contributed by atoms with Gasteiger partial charge in [0.25, 0.3) is 0 Å². The molecule has 0 bridgehead atoms. The van der Waals surface area contributed by atoms with Crippen LogP contribution in [0.2, 0.25) is 0 Å². The molecule has 0 radical (unpaired) electrons. The minimum atomic E-state index is 0.208. The van der Waals surface area contributed by atoms with Crippen LogP contribution in [0.1, 0.15) is 20.3 Å². The first-order chi connectivity index (χ1) is 9.28. The molecule has 6 nitrogen and oxygen atoms in total. The van der Waals surface area contributed by atoms with Gasteiger partial charge in [0.05, 0.1) is 18.3 Å². The summed E-state index contributed by atoms with van der Waals surface area (Å²) in [6, 6.07) is 0.296. The molecule has 1 fully saturated rings. The van der Waals surface area contributed by atoms with Crippen molar-refractivity contribution in [2.24, 2.45) is 0 Å². The van der Waals surface area contributed by atoms with Crippen LogP contribution in [0.4, 0.5) is 11.6 Å². The molecule has 3 rings (SSSR count). The van der Waals surface area contributed by atoms with E-state index in [4.69, 9.17) is 4.74 Å². The molecule has 0 spiro atoms. The quantitative estimate of drug-likeness (QED) is 0.878. The number of anilines is 2. The number of rotatable bonds is 4. The van der Waals surface area contributed by atoms with E-state index in [0.717, 1.165) is 36.9 Å². The Balaban J connectivity index is 1.93. The van der Waals surface area contributed by atoms with Crippen LogP contribution in [0, 0.1) is 0 Å². The van der Waals surface area contributed by atoms with E-state index < -0.39 is 0 Å². The molecule has 102 valence electrons. The number of hydrogen-bond donors (Lipinski definition) is 2. The summed E-state index contributed by atoms with van der Waals surface area (Å²) in [4.78, 5) is 8.96. The SMILES string of the molecule is CCNc1cn2ccnc2c(NC2CCOC2C)n1. The molecule has 0 aliphatic carbocycles. The first-order valence-electron chi connectivity index (χ1n) is 6.73. The first-order valence-corrected chi connectivity index (χ1v) is 6.73. The monoisotopic (exact) mass is 261 g/mol. The first kappa shape index (κ1) is 12.2. The molecule has 3 heterocycles. The Morgan fingerprint density at radius 3 is 3.16 bits per heavy atom. The van der Waals surface area contributed by atoms with Crippen LogP contribution in [-0.4, -0.2) is 39.7 Å². The van der Waals surface area contributed by atoms with Gasteiger partial charge in [0.1, 0.15) is 5.82 Å². The predicted octanol–water partition coefficient (Wildman–Crippen LogP) is 1.75. The molecule has 0 saturated carbocycles. The second-order valence-corrected chi connectivity index (χ2v) is 4.78. The fraction of sp³-hybridized carbons (Fsp3) is 0.538. The molecular weight excluding hydrogens is 242 g/mol. The molecule has 1 aliphatic rings. The molecular formula is C13H19N5O. The van der Waals surface area contributed by atoms with Crippen LogP contribution in [0.3, 0.4) is 0 Å². The molecule has 2 aromatic heterocycles. The normalized spacial score (nSPS) is 22.8. The molecule has 0 aromatic carbocycles. The van der Waals surface area contributed by atoms with Gasteiger partial charge in [-0.15, -0.1) is 0 Å². The van der Waals surface area contributed by atoms with E-state index in [1.54, 1.807) is 6.20 Å². The number of nitrogens with one attached hydrogen (secondary N) is 2. The summed E-state index contributed by atoms with van der Waals surface area (Å²) in [6.07, 6.45) is 6.87. The van der Waals surface area contributed by atoms with E-state index in [1.807, 2.05) is 16.8 Å². The van der Waals surface area contributed by atoms with Crippen molar-refractivity contribution in [3.63, 3.8) is 0 Å². The highest BCUT2D eigenvalue weighted by atomic mass is 16.5. The maximum absolute atomic E-state index is 5.58. The highest BCUT2D eigenvalue weighted by molar-refractivity contribution is 5.65. The van der Waals surface area contributed by atoms with E-state index in [0.29, 0.717) is 6.04 Å². The Morgan fingerprint density at radius 2 is 2.42 bits per heavy atom. The van der Waals surface area contributed by atoms with Crippen LogP contribution >= 0.6 is 0 Å². The average Bonchev–Trinajstić information content (AvgIpc) is 3.00. The lowest BCUT2D eigenvalue weighted by molar-refractivity contribution is 0.121.